The van der Waals surface area contributed by atoms with E-state index in [2.05, 4.69) is 11.4 Å². The van der Waals surface area contributed by atoms with Crippen LogP contribution in [0.5, 0.6) is 0 Å². The molecule has 5 aliphatic rings. The van der Waals surface area contributed by atoms with Crippen molar-refractivity contribution in [1.82, 2.24) is 10.2 Å². The van der Waals surface area contributed by atoms with Crippen LogP contribution in [0.15, 0.2) is 0 Å². The van der Waals surface area contributed by atoms with Crippen molar-refractivity contribution < 1.29 is 9.90 Å². The van der Waals surface area contributed by atoms with E-state index in [-0.39, 0.29) is 17.5 Å². The van der Waals surface area contributed by atoms with Crippen LogP contribution in [0.25, 0.3) is 0 Å². The fraction of sp³-hybridized carbons (Fsp3) is 0.895. The quantitative estimate of drug-likeness (QED) is 0.549. The first-order valence-electron chi connectivity index (χ1n) is 10.0. The Balaban J connectivity index is 1.59. The molecule has 7 atom stereocenters. The molecule has 0 radical (unpaired) electrons. The highest BCUT2D eigenvalue weighted by Crippen LogP contribution is 2.59. The van der Waals surface area contributed by atoms with E-state index >= 15 is 0 Å². The minimum atomic E-state index is -0.655. The summed E-state index contributed by atoms with van der Waals surface area (Å²) in [4.78, 5) is 15.0. The van der Waals surface area contributed by atoms with Gasteiger partial charge in [-0.2, -0.15) is 5.26 Å². The van der Waals surface area contributed by atoms with Gasteiger partial charge in [0.2, 0.25) is 5.91 Å². The summed E-state index contributed by atoms with van der Waals surface area (Å²) < 4.78 is 0. The number of nitriles is 1. The SMILES string of the molecule is N#C[C@@H]1CC(N)NCCN1C(=O)[C@@H](N)C12CCC3CC(CC(O)(C3)C1)C2. The first-order chi connectivity index (χ1) is 12.3. The van der Waals surface area contributed by atoms with Crippen molar-refractivity contribution in [3.8, 4) is 6.07 Å². The summed E-state index contributed by atoms with van der Waals surface area (Å²) in [5.74, 6) is 0.897. The predicted molar refractivity (Wildman–Crippen MR) is 96.4 cm³/mol. The Morgan fingerprint density at radius 2 is 2.08 bits per heavy atom. The molecule has 7 nitrogen and oxygen atoms in total. The van der Waals surface area contributed by atoms with E-state index in [1.165, 1.54) is 0 Å². The fourth-order valence-electron chi connectivity index (χ4n) is 6.50. The van der Waals surface area contributed by atoms with Gasteiger partial charge in [0.05, 0.1) is 23.9 Å². The maximum atomic E-state index is 13.4. The number of hydrogen-bond donors (Lipinski definition) is 4. The van der Waals surface area contributed by atoms with E-state index < -0.39 is 17.7 Å². The Morgan fingerprint density at radius 1 is 1.31 bits per heavy atom. The molecular formula is C19H31N5O2. The number of aliphatic hydroxyl groups is 1. The number of carbonyl (C=O) groups excluding carboxylic acids is 1. The molecule has 4 aliphatic carbocycles. The lowest BCUT2D eigenvalue weighted by molar-refractivity contribution is -0.144. The molecule has 5 fully saturated rings. The van der Waals surface area contributed by atoms with Gasteiger partial charge in [0.15, 0.2) is 0 Å². The van der Waals surface area contributed by atoms with Gasteiger partial charge in [0.1, 0.15) is 6.04 Å². The molecule has 0 aromatic carbocycles. The maximum Gasteiger partial charge on any atom is 0.241 e. The molecule has 1 saturated heterocycles. The van der Waals surface area contributed by atoms with Gasteiger partial charge >= 0.3 is 0 Å². The number of hydrogen-bond acceptors (Lipinski definition) is 6. The minimum absolute atomic E-state index is 0.143. The summed E-state index contributed by atoms with van der Waals surface area (Å²) in [5, 5.41) is 23.8. The number of fused-ring (bicyclic) bond motifs is 1. The molecule has 1 heterocycles. The first kappa shape index (κ1) is 18.2. The summed E-state index contributed by atoms with van der Waals surface area (Å²) in [7, 11) is 0. The van der Waals surface area contributed by atoms with Crippen LogP contribution in [0.4, 0.5) is 0 Å². The Morgan fingerprint density at radius 3 is 2.81 bits per heavy atom. The number of nitrogens with two attached hydrogens (primary N) is 2. The highest BCUT2D eigenvalue weighted by atomic mass is 16.3. The number of nitrogens with one attached hydrogen (secondary N) is 1. The van der Waals surface area contributed by atoms with Crippen LogP contribution in [0, 0.1) is 28.6 Å². The number of nitrogens with zero attached hydrogens (tertiary/aromatic N) is 2. The van der Waals surface area contributed by atoms with Crippen molar-refractivity contribution in [3.05, 3.63) is 0 Å². The molecule has 5 rings (SSSR count). The monoisotopic (exact) mass is 361 g/mol. The van der Waals surface area contributed by atoms with Gasteiger partial charge in [0.25, 0.3) is 0 Å². The zero-order valence-corrected chi connectivity index (χ0v) is 15.4. The highest BCUT2D eigenvalue weighted by molar-refractivity contribution is 5.83. The third-order valence-corrected chi connectivity index (χ3v) is 7.40. The van der Waals surface area contributed by atoms with Crippen molar-refractivity contribution in [1.29, 1.82) is 5.26 Å². The maximum absolute atomic E-state index is 13.4. The Kier molecular flexibility index (Phi) is 4.51. The van der Waals surface area contributed by atoms with Gasteiger partial charge in [-0.25, -0.2) is 0 Å². The van der Waals surface area contributed by atoms with Crippen molar-refractivity contribution in [3.63, 3.8) is 0 Å². The zero-order valence-electron chi connectivity index (χ0n) is 15.4. The van der Waals surface area contributed by atoms with Crippen LogP contribution >= 0.6 is 0 Å². The van der Waals surface area contributed by atoms with Crippen LogP contribution in [-0.2, 0) is 4.79 Å². The van der Waals surface area contributed by atoms with E-state index in [9.17, 15) is 15.2 Å². The van der Waals surface area contributed by atoms with Crippen molar-refractivity contribution in [2.24, 2.45) is 28.7 Å². The van der Waals surface area contributed by atoms with Crippen molar-refractivity contribution in [2.75, 3.05) is 13.1 Å². The third kappa shape index (κ3) is 3.03. The molecule has 4 bridgehead atoms. The lowest BCUT2D eigenvalue weighted by Crippen LogP contribution is -2.60. The van der Waals surface area contributed by atoms with E-state index in [4.69, 9.17) is 11.5 Å². The Labute approximate surface area is 155 Å². The van der Waals surface area contributed by atoms with Crippen LogP contribution in [0.3, 0.4) is 0 Å². The average Bonchev–Trinajstić information content (AvgIpc) is 2.89. The van der Waals surface area contributed by atoms with Crippen LogP contribution in [0.1, 0.15) is 51.4 Å². The van der Waals surface area contributed by atoms with Gasteiger partial charge in [-0.1, -0.05) is 0 Å². The van der Waals surface area contributed by atoms with Crippen LogP contribution < -0.4 is 16.8 Å². The second kappa shape index (κ2) is 6.45. The van der Waals surface area contributed by atoms with E-state index in [1.807, 2.05) is 0 Å². The first-order valence-corrected chi connectivity index (χ1v) is 10.0. The van der Waals surface area contributed by atoms with Gasteiger partial charge in [-0.15, -0.1) is 0 Å². The van der Waals surface area contributed by atoms with Gasteiger partial charge < -0.3 is 26.8 Å². The van der Waals surface area contributed by atoms with Gasteiger partial charge in [-0.05, 0) is 62.2 Å². The molecule has 7 heteroatoms. The molecule has 1 aliphatic heterocycles. The molecule has 0 aromatic heterocycles. The summed E-state index contributed by atoms with van der Waals surface area (Å²) in [5.41, 5.74) is 11.6. The Bertz CT molecular complexity index is 622. The number of carbonyl (C=O) groups is 1. The zero-order chi connectivity index (χ0) is 18.5. The lowest BCUT2D eigenvalue weighted by Gasteiger charge is -2.52. The Hall–Kier alpha value is -1.20. The second-order valence-corrected chi connectivity index (χ2v) is 9.33. The summed E-state index contributed by atoms with van der Waals surface area (Å²) in [6, 6.07) is 1.03. The van der Waals surface area contributed by atoms with Gasteiger partial charge in [-0.3, -0.25) is 4.79 Å². The van der Waals surface area contributed by atoms with Crippen LogP contribution in [0.2, 0.25) is 0 Å². The topological polar surface area (TPSA) is 128 Å². The molecule has 5 unspecified atom stereocenters. The third-order valence-electron chi connectivity index (χ3n) is 7.40. The molecule has 26 heavy (non-hydrogen) atoms. The van der Waals surface area contributed by atoms with Crippen molar-refractivity contribution >= 4 is 5.91 Å². The largest absolute Gasteiger partial charge is 0.390 e. The van der Waals surface area contributed by atoms with Gasteiger partial charge in [0, 0.05) is 19.5 Å². The molecule has 1 amide bonds. The van der Waals surface area contributed by atoms with E-state index in [1.54, 1.807) is 4.90 Å². The molecule has 144 valence electrons. The molecule has 4 saturated carbocycles. The molecular weight excluding hydrogens is 330 g/mol. The van der Waals surface area contributed by atoms with Crippen LogP contribution in [-0.4, -0.2) is 52.9 Å². The second-order valence-electron chi connectivity index (χ2n) is 9.33. The average molecular weight is 361 g/mol. The van der Waals surface area contributed by atoms with Crippen molar-refractivity contribution in [2.45, 2.75) is 75.2 Å². The molecule has 0 aromatic rings. The molecule has 0 spiro atoms. The summed E-state index contributed by atoms with van der Waals surface area (Å²) >= 11 is 0. The minimum Gasteiger partial charge on any atom is -0.390 e. The van der Waals surface area contributed by atoms with E-state index in [0.717, 1.165) is 38.5 Å². The predicted octanol–water partition coefficient (Wildman–Crippen LogP) is 0.0340. The number of rotatable bonds is 2. The lowest BCUT2D eigenvalue weighted by atomic mass is 9.57. The number of amides is 1. The van der Waals surface area contributed by atoms with E-state index in [0.29, 0.717) is 37.8 Å². The summed E-state index contributed by atoms with van der Waals surface area (Å²) in [6.07, 6.45) is 6.52. The summed E-state index contributed by atoms with van der Waals surface area (Å²) in [6.45, 7) is 1.02. The standard InChI is InChI=1S/C19H31N5O2/c20-10-14-6-15(21)23-3-4-24(14)17(25)16(22)18-2-1-12-5-13(7-18)9-19(26,8-12)11-18/h12-16,23,26H,1-9,11,21-22H2/t12?,13?,14-,15?,16+,18?,19?/m0/s1. The fourth-order valence-corrected chi connectivity index (χ4v) is 6.50. The smallest absolute Gasteiger partial charge is 0.241 e. The highest BCUT2D eigenvalue weighted by Gasteiger charge is 2.57. The normalized spacial score (nSPS) is 46.3. The molecule has 6 N–H and O–H groups in total.